The molecule has 1 aliphatic heterocycles. The summed E-state index contributed by atoms with van der Waals surface area (Å²) in [7, 11) is -1.60. The zero-order valence-corrected chi connectivity index (χ0v) is 18.3. The van der Waals surface area contributed by atoms with Crippen LogP contribution in [0.3, 0.4) is 0 Å². The second-order valence-electron chi connectivity index (χ2n) is 7.57. The summed E-state index contributed by atoms with van der Waals surface area (Å²) < 4.78 is 32.5. The summed E-state index contributed by atoms with van der Waals surface area (Å²) in [5.41, 5.74) is 0.954. The number of fused-ring (bicyclic) bond motifs is 1. The number of benzene rings is 2. The number of hydrogen-bond acceptors (Lipinski definition) is 6. The number of para-hydroxylation sites is 1. The monoisotopic (exact) mass is 453 g/mol. The Morgan fingerprint density at radius 3 is 2.44 bits per heavy atom. The molecule has 0 aliphatic carbocycles. The van der Waals surface area contributed by atoms with Gasteiger partial charge in [-0.2, -0.15) is 4.31 Å². The first kappa shape index (κ1) is 21.9. The van der Waals surface area contributed by atoms with Crippen molar-refractivity contribution in [3.63, 3.8) is 0 Å². The number of nitrogens with zero attached hydrogens (tertiary/aromatic N) is 2. The van der Waals surface area contributed by atoms with Gasteiger partial charge in [-0.15, -0.1) is 0 Å². The van der Waals surface area contributed by atoms with Crippen LogP contribution in [0.5, 0.6) is 0 Å². The maximum absolute atomic E-state index is 12.8. The highest BCUT2D eigenvalue weighted by Crippen LogP contribution is 2.20. The van der Waals surface area contributed by atoms with Crippen molar-refractivity contribution >= 4 is 38.7 Å². The van der Waals surface area contributed by atoms with Gasteiger partial charge in [0, 0.05) is 37.9 Å². The maximum atomic E-state index is 12.8. The third-order valence-corrected chi connectivity index (χ3v) is 7.26. The largest absolute Gasteiger partial charge is 0.463 e. The molecule has 0 saturated carbocycles. The third-order valence-electron chi connectivity index (χ3n) is 5.34. The quantitative estimate of drug-likeness (QED) is 0.596. The highest BCUT2D eigenvalue weighted by atomic mass is 32.2. The fraction of sp³-hybridized carbons (Fsp3) is 0.217. The lowest BCUT2D eigenvalue weighted by molar-refractivity contribution is -0.111. The highest BCUT2D eigenvalue weighted by molar-refractivity contribution is 7.89. The van der Waals surface area contributed by atoms with Crippen LogP contribution in [-0.4, -0.2) is 56.8 Å². The Morgan fingerprint density at radius 1 is 1.03 bits per heavy atom. The number of hydrogen-bond donors (Lipinski definition) is 1. The van der Waals surface area contributed by atoms with Crippen molar-refractivity contribution in [1.29, 1.82) is 0 Å². The van der Waals surface area contributed by atoms with E-state index in [0.717, 1.165) is 0 Å². The van der Waals surface area contributed by atoms with Crippen LogP contribution < -0.4 is 10.7 Å². The summed E-state index contributed by atoms with van der Waals surface area (Å²) in [6.45, 7) is 2.28. The zero-order valence-electron chi connectivity index (χ0n) is 17.5. The fourth-order valence-electron chi connectivity index (χ4n) is 3.45. The Hall–Kier alpha value is -3.27. The van der Waals surface area contributed by atoms with Crippen LogP contribution >= 0.6 is 0 Å². The lowest BCUT2D eigenvalue weighted by Crippen LogP contribution is -2.46. The molecular formula is C23H23N3O5S. The molecule has 3 aromatic rings. The number of amides is 1. The van der Waals surface area contributed by atoms with Crippen molar-refractivity contribution in [2.24, 2.45) is 0 Å². The summed E-state index contributed by atoms with van der Waals surface area (Å²) in [5, 5.41) is 3.10. The van der Waals surface area contributed by atoms with Gasteiger partial charge >= 0.3 is 0 Å². The van der Waals surface area contributed by atoms with E-state index < -0.39 is 15.9 Å². The van der Waals surface area contributed by atoms with Crippen LogP contribution in [0.4, 0.5) is 5.69 Å². The van der Waals surface area contributed by atoms with Crippen LogP contribution in [0, 0.1) is 0 Å². The molecule has 0 unspecified atom stereocenters. The number of likely N-dealkylation sites (N-methyl/N-ethyl adjacent to an activating group) is 1. The second kappa shape index (κ2) is 9.07. The average Bonchev–Trinajstić information content (AvgIpc) is 2.79. The van der Waals surface area contributed by atoms with Crippen LogP contribution in [-0.2, 0) is 14.8 Å². The summed E-state index contributed by atoms with van der Waals surface area (Å²) >= 11 is 0. The molecule has 1 N–H and O–H groups in total. The average molecular weight is 454 g/mol. The topological polar surface area (TPSA) is 99.9 Å². The van der Waals surface area contributed by atoms with E-state index >= 15 is 0 Å². The molecule has 0 radical (unpaired) electrons. The minimum absolute atomic E-state index is 0.185. The van der Waals surface area contributed by atoms with Gasteiger partial charge in [0.25, 0.3) is 0 Å². The predicted molar refractivity (Wildman–Crippen MR) is 123 cm³/mol. The summed E-state index contributed by atoms with van der Waals surface area (Å²) in [5.74, 6) is -0.452. The van der Waals surface area contributed by atoms with Gasteiger partial charge in [-0.3, -0.25) is 9.59 Å². The molecule has 1 saturated heterocycles. The van der Waals surface area contributed by atoms with Crippen LogP contribution in [0.25, 0.3) is 17.0 Å². The first-order chi connectivity index (χ1) is 15.3. The van der Waals surface area contributed by atoms with Crippen LogP contribution in [0.15, 0.2) is 75.0 Å². The smallest absolute Gasteiger partial charge is 0.248 e. The number of carbonyl (C=O) groups is 1. The minimum atomic E-state index is -3.56. The highest BCUT2D eigenvalue weighted by Gasteiger charge is 2.27. The number of nitrogens with one attached hydrogen (secondary N) is 1. The van der Waals surface area contributed by atoms with Crippen molar-refractivity contribution in [2.75, 3.05) is 38.5 Å². The van der Waals surface area contributed by atoms with E-state index in [0.29, 0.717) is 42.8 Å². The molecule has 166 valence electrons. The SMILES string of the molecule is CN1CCN(S(=O)(=O)c2ccc(NC(=O)/C=C/c3coc4ccccc4c3=O)cc2)CC1. The number of rotatable bonds is 5. The standard InChI is InChI=1S/C23H23N3O5S/c1-25-12-14-26(15-13-25)32(29,30)19-9-7-18(8-10-19)24-22(27)11-6-17-16-31-21-5-3-2-4-20(21)23(17)28/h2-11,16H,12-15H2,1H3,(H,24,27)/b11-6+. The van der Waals surface area contributed by atoms with E-state index in [-0.39, 0.29) is 15.9 Å². The molecule has 1 fully saturated rings. The summed E-state index contributed by atoms with van der Waals surface area (Å²) in [6.07, 6.45) is 3.93. The lowest BCUT2D eigenvalue weighted by atomic mass is 10.1. The predicted octanol–water partition coefficient (Wildman–Crippen LogP) is 2.38. The molecule has 1 aromatic heterocycles. The van der Waals surface area contributed by atoms with E-state index in [1.54, 1.807) is 36.4 Å². The van der Waals surface area contributed by atoms with Gasteiger partial charge in [-0.1, -0.05) is 12.1 Å². The van der Waals surface area contributed by atoms with Gasteiger partial charge in [0.15, 0.2) is 5.43 Å². The molecular weight excluding hydrogens is 430 g/mol. The van der Waals surface area contributed by atoms with E-state index in [9.17, 15) is 18.0 Å². The van der Waals surface area contributed by atoms with E-state index in [1.807, 2.05) is 7.05 Å². The maximum Gasteiger partial charge on any atom is 0.248 e. The van der Waals surface area contributed by atoms with Crippen molar-refractivity contribution in [3.05, 3.63) is 76.7 Å². The van der Waals surface area contributed by atoms with Crippen molar-refractivity contribution in [2.45, 2.75) is 4.90 Å². The molecule has 32 heavy (non-hydrogen) atoms. The number of piperazine rings is 1. The summed E-state index contributed by atoms with van der Waals surface area (Å²) in [6, 6.07) is 12.9. The Morgan fingerprint density at radius 2 is 1.72 bits per heavy atom. The molecule has 1 aliphatic rings. The molecule has 0 bridgehead atoms. The number of sulfonamides is 1. The molecule has 9 heteroatoms. The zero-order chi connectivity index (χ0) is 22.7. The van der Waals surface area contributed by atoms with Crippen LogP contribution in [0.2, 0.25) is 0 Å². The molecule has 0 spiro atoms. The molecule has 2 aromatic carbocycles. The van der Waals surface area contributed by atoms with Gasteiger partial charge in [0.2, 0.25) is 15.9 Å². The van der Waals surface area contributed by atoms with Gasteiger partial charge in [0.1, 0.15) is 11.8 Å². The Kier molecular flexibility index (Phi) is 6.22. The van der Waals surface area contributed by atoms with Crippen molar-refractivity contribution in [1.82, 2.24) is 9.21 Å². The van der Waals surface area contributed by atoms with Crippen molar-refractivity contribution < 1.29 is 17.6 Å². The summed E-state index contributed by atoms with van der Waals surface area (Å²) in [4.78, 5) is 27.0. The van der Waals surface area contributed by atoms with Gasteiger partial charge in [-0.25, -0.2) is 8.42 Å². The molecule has 4 rings (SSSR count). The number of anilines is 1. The Balaban J connectivity index is 1.43. The first-order valence-corrected chi connectivity index (χ1v) is 11.6. The Bertz CT molecular complexity index is 1320. The molecule has 0 atom stereocenters. The molecule has 1 amide bonds. The van der Waals surface area contributed by atoms with E-state index in [2.05, 4.69) is 10.2 Å². The number of carbonyl (C=O) groups excluding carboxylic acids is 1. The fourth-order valence-corrected chi connectivity index (χ4v) is 4.87. The lowest BCUT2D eigenvalue weighted by Gasteiger charge is -2.31. The first-order valence-electron chi connectivity index (χ1n) is 10.1. The van der Waals surface area contributed by atoms with Gasteiger partial charge < -0.3 is 14.6 Å². The third kappa shape index (κ3) is 4.64. The Labute approximate surface area is 185 Å². The van der Waals surface area contributed by atoms with Crippen molar-refractivity contribution in [3.8, 4) is 0 Å². The second-order valence-corrected chi connectivity index (χ2v) is 9.51. The normalized spacial score (nSPS) is 15.9. The molecule has 2 heterocycles. The molecule has 8 nitrogen and oxygen atoms in total. The minimum Gasteiger partial charge on any atom is -0.463 e. The van der Waals surface area contributed by atoms with Crippen LogP contribution in [0.1, 0.15) is 5.56 Å². The van der Waals surface area contributed by atoms with Gasteiger partial charge in [0.05, 0.1) is 15.8 Å². The van der Waals surface area contributed by atoms with Gasteiger partial charge in [-0.05, 0) is 49.5 Å². The van der Waals surface area contributed by atoms with E-state index in [4.69, 9.17) is 4.42 Å². The van der Waals surface area contributed by atoms with E-state index in [1.165, 1.54) is 34.9 Å².